The molecule has 0 saturated heterocycles. The molecule has 0 radical (unpaired) electrons. The molecule has 8 heteroatoms. The molecule has 0 saturated carbocycles. The van der Waals surface area contributed by atoms with Crippen LogP contribution >= 0.6 is 11.6 Å². The smallest absolute Gasteiger partial charge is 0.224 e. The van der Waals surface area contributed by atoms with Crippen LogP contribution in [0.5, 0.6) is 0 Å². The highest BCUT2D eigenvalue weighted by Gasteiger charge is 2.08. The molecule has 3 aromatic heterocycles. The molecular formula is C18H18ClN7. The molecule has 0 unspecified atom stereocenters. The number of halogens is 1. The number of aryl methyl sites for hydroxylation is 1. The third kappa shape index (κ3) is 3.21. The highest BCUT2D eigenvalue weighted by molar-refractivity contribution is 6.31. The van der Waals surface area contributed by atoms with Crippen LogP contribution in [-0.4, -0.2) is 30.9 Å². The van der Waals surface area contributed by atoms with Crippen LogP contribution in [0.2, 0.25) is 5.02 Å². The Labute approximate surface area is 155 Å². The molecule has 0 fully saturated rings. The number of hydrogen-bond donors (Lipinski definition) is 2. The zero-order valence-corrected chi connectivity index (χ0v) is 15.0. The third-order valence-electron chi connectivity index (χ3n) is 4.20. The maximum atomic E-state index is 6.10. The van der Waals surface area contributed by atoms with Crippen molar-refractivity contribution in [1.29, 1.82) is 0 Å². The number of nitrogens with zero attached hydrogens (tertiary/aromatic N) is 5. The van der Waals surface area contributed by atoms with Crippen molar-refractivity contribution in [1.82, 2.24) is 24.3 Å². The number of rotatable bonds is 5. The van der Waals surface area contributed by atoms with Gasteiger partial charge in [0.25, 0.3) is 0 Å². The van der Waals surface area contributed by atoms with Crippen LogP contribution in [0.15, 0.2) is 48.9 Å². The third-order valence-corrected chi connectivity index (χ3v) is 4.44. The summed E-state index contributed by atoms with van der Waals surface area (Å²) >= 11 is 6.10. The normalized spacial score (nSPS) is 11.2. The molecule has 0 aliphatic rings. The van der Waals surface area contributed by atoms with Gasteiger partial charge in [-0.05, 0) is 30.2 Å². The van der Waals surface area contributed by atoms with E-state index >= 15 is 0 Å². The average molecular weight is 368 g/mol. The SMILES string of the molecule is Cn1cc(CCNc2cc(-n3cccn3)nc(N)n2)c2ccc(Cl)cc21. The number of nitrogens with two attached hydrogens (primary N) is 1. The Morgan fingerprint density at radius 2 is 2.12 bits per heavy atom. The Kier molecular flexibility index (Phi) is 4.22. The predicted molar refractivity (Wildman–Crippen MR) is 104 cm³/mol. The van der Waals surface area contributed by atoms with Gasteiger partial charge in [-0.2, -0.15) is 15.1 Å². The first-order chi connectivity index (χ1) is 12.6. The van der Waals surface area contributed by atoms with Crippen molar-refractivity contribution >= 4 is 34.3 Å². The summed E-state index contributed by atoms with van der Waals surface area (Å²) in [7, 11) is 2.02. The molecule has 4 aromatic rings. The molecular weight excluding hydrogens is 350 g/mol. The lowest BCUT2D eigenvalue weighted by Gasteiger charge is -2.08. The molecule has 26 heavy (non-hydrogen) atoms. The van der Waals surface area contributed by atoms with Crippen molar-refractivity contribution in [2.45, 2.75) is 6.42 Å². The number of benzene rings is 1. The van der Waals surface area contributed by atoms with E-state index < -0.39 is 0 Å². The minimum Gasteiger partial charge on any atom is -0.370 e. The molecule has 7 nitrogen and oxygen atoms in total. The number of anilines is 2. The second-order valence-corrected chi connectivity index (χ2v) is 6.46. The van der Waals surface area contributed by atoms with Crippen molar-refractivity contribution in [3.8, 4) is 5.82 Å². The molecule has 132 valence electrons. The van der Waals surface area contributed by atoms with Gasteiger partial charge in [-0.3, -0.25) is 0 Å². The fourth-order valence-electron chi connectivity index (χ4n) is 3.03. The zero-order chi connectivity index (χ0) is 18.1. The van der Waals surface area contributed by atoms with Crippen LogP contribution in [0.25, 0.3) is 16.7 Å². The van der Waals surface area contributed by atoms with Crippen LogP contribution in [0.4, 0.5) is 11.8 Å². The maximum absolute atomic E-state index is 6.10. The summed E-state index contributed by atoms with van der Waals surface area (Å²) in [5.41, 5.74) is 8.20. The Balaban J connectivity index is 1.50. The largest absolute Gasteiger partial charge is 0.370 e. The molecule has 4 rings (SSSR count). The van der Waals surface area contributed by atoms with E-state index in [1.54, 1.807) is 10.9 Å². The Bertz CT molecular complexity index is 1050. The van der Waals surface area contributed by atoms with Crippen molar-refractivity contribution in [3.05, 3.63) is 59.5 Å². The van der Waals surface area contributed by atoms with Gasteiger partial charge in [-0.1, -0.05) is 17.7 Å². The Hall–Kier alpha value is -3.06. The quantitative estimate of drug-likeness (QED) is 0.566. The van der Waals surface area contributed by atoms with Crippen LogP contribution in [0.3, 0.4) is 0 Å². The van der Waals surface area contributed by atoms with E-state index in [2.05, 4.69) is 37.2 Å². The molecule has 1 aromatic carbocycles. The summed E-state index contributed by atoms with van der Waals surface area (Å²) in [5.74, 6) is 1.51. The highest BCUT2D eigenvalue weighted by Crippen LogP contribution is 2.24. The van der Waals surface area contributed by atoms with Crippen molar-refractivity contribution in [3.63, 3.8) is 0 Å². The zero-order valence-electron chi connectivity index (χ0n) is 14.2. The van der Waals surface area contributed by atoms with Crippen LogP contribution in [-0.2, 0) is 13.5 Å². The Morgan fingerprint density at radius 3 is 2.92 bits per heavy atom. The topological polar surface area (TPSA) is 86.6 Å². The fourth-order valence-corrected chi connectivity index (χ4v) is 3.20. The van der Waals surface area contributed by atoms with Crippen molar-refractivity contribution < 1.29 is 0 Å². The van der Waals surface area contributed by atoms with Crippen LogP contribution in [0, 0.1) is 0 Å². The van der Waals surface area contributed by atoms with Crippen LogP contribution in [0.1, 0.15) is 5.56 Å². The molecule has 0 atom stereocenters. The van der Waals surface area contributed by atoms with Crippen molar-refractivity contribution in [2.24, 2.45) is 7.05 Å². The van der Waals surface area contributed by atoms with Gasteiger partial charge in [0.1, 0.15) is 5.82 Å². The first-order valence-electron chi connectivity index (χ1n) is 8.22. The van der Waals surface area contributed by atoms with E-state index in [9.17, 15) is 0 Å². The minimum atomic E-state index is 0.209. The summed E-state index contributed by atoms with van der Waals surface area (Å²) in [4.78, 5) is 8.45. The van der Waals surface area contributed by atoms with E-state index in [0.717, 1.165) is 23.5 Å². The van der Waals surface area contributed by atoms with Gasteiger partial charge in [0.05, 0.1) is 0 Å². The molecule has 3 N–H and O–H groups in total. The van der Waals surface area contributed by atoms with Gasteiger partial charge in [0.2, 0.25) is 5.95 Å². The van der Waals surface area contributed by atoms with Gasteiger partial charge in [-0.15, -0.1) is 0 Å². The minimum absolute atomic E-state index is 0.209. The second kappa shape index (κ2) is 6.68. The number of hydrogen-bond acceptors (Lipinski definition) is 5. The average Bonchev–Trinajstić information content (AvgIpc) is 3.24. The first kappa shape index (κ1) is 16.4. The molecule has 0 aliphatic heterocycles. The summed E-state index contributed by atoms with van der Waals surface area (Å²) in [6.07, 6.45) is 6.48. The number of aromatic nitrogens is 5. The van der Waals surface area contributed by atoms with Crippen molar-refractivity contribution in [2.75, 3.05) is 17.6 Å². The standard InChI is InChI=1S/C18H18ClN7/c1-25-11-12(14-4-3-13(19)9-15(14)25)5-7-21-16-10-17(24-18(20)23-16)26-8-2-6-22-26/h2-4,6,8-11H,5,7H2,1H3,(H3,20,21,23,24). The summed E-state index contributed by atoms with van der Waals surface area (Å²) in [6, 6.07) is 9.62. The van der Waals surface area contributed by atoms with E-state index in [-0.39, 0.29) is 5.95 Å². The van der Waals surface area contributed by atoms with E-state index in [1.807, 2.05) is 37.5 Å². The molecule has 0 spiro atoms. The molecule has 3 heterocycles. The summed E-state index contributed by atoms with van der Waals surface area (Å²) in [5, 5.41) is 9.43. The second-order valence-electron chi connectivity index (χ2n) is 6.02. The number of nitrogen functional groups attached to an aromatic ring is 1. The summed E-state index contributed by atoms with van der Waals surface area (Å²) in [6.45, 7) is 0.719. The van der Waals surface area contributed by atoms with Gasteiger partial charge < -0.3 is 15.6 Å². The summed E-state index contributed by atoms with van der Waals surface area (Å²) < 4.78 is 3.74. The van der Waals surface area contributed by atoms with E-state index in [4.69, 9.17) is 17.3 Å². The maximum Gasteiger partial charge on any atom is 0.224 e. The van der Waals surface area contributed by atoms with Gasteiger partial charge >= 0.3 is 0 Å². The molecule has 0 aliphatic carbocycles. The first-order valence-corrected chi connectivity index (χ1v) is 8.60. The lowest BCUT2D eigenvalue weighted by molar-refractivity contribution is 0.842. The number of fused-ring (bicyclic) bond motifs is 1. The van der Waals surface area contributed by atoms with E-state index in [1.165, 1.54) is 10.9 Å². The fraction of sp³-hybridized carbons (Fsp3) is 0.167. The van der Waals surface area contributed by atoms with E-state index in [0.29, 0.717) is 11.6 Å². The van der Waals surface area contributed by atoms with Gasteiger partial charge in [0, 0.05) is 54.2 Å². The van der Waals surface area contributed by atoms with Gasteiger partial charge in [-0.25, -0.2) is 4.68 Å². The van der Waals surface area contributed by atoms with Crippen LogP contribution < -0.4 is 11.1 Å². The monoisotopic (exact) mass is 367 g/mol. The lowest BCUT2D eigenvalue weighted by Crippen LogP contribution is -2.10. The highest BCUT2D eigenvalue weighted by atomic mass is 35.5. The predicted octanol–water partition coefficient (Wildman–Crippen LogP) is 3.04. The lowest BCUT2D eigenvalue weighted by atomic mass is 10.1. The number of nitrogens with one attached hydrogen (secondary N) is 1. The Morgan fingerprint density at radius 1 is 1.23 bits per heavy atom. The van der Waals surface area contributed by atoms with Gasteiger partial charge in [0.15, 0.2) is 5.82 Å². The molecule has 0 amide bonds. The molecule has 0 bridgehead atoms.